The van der Waals surface area contributed by atoms with Crippen LogP contribution in [0.25, 0.3) is 6.08 Å². The van der Waals surface area contributed by atoms with Gasteiger partial charge in [0.05, 0.1) is 16.4 Å². The summed E-state index contributed by atoms with van der Waals surface area (Å²) in [4.78, 5) is 26.9. The van der Waals surface area contributed by atoms with Crippen LogP contribution in [-0.4, -0.2) is 53.0 Å². The van der Waals surface area contributed by atoms with E-state index in [4.69, 9.17) is 12.2 Å². The van der Waals surface area contributed by atoms with Gasteiger partial charge in [-0.1, -0.05) is 54.3 Å². The third-order valence-corrected chi connectivity index (χ3v) is 7.36. The molecule has 0 bridgehead atoms. The normalized spacial score (nSPS) is 24.9. The van der Waals surface area contributed by atoms with Crippen molar-refractivity contribution >= 4 is 56.0 Å². The molecule has 6 nitrogen and oxygen atoms in total. The zero-order chi connectivity index (χ0) is 18.9. The van der Waals surface area contributed by atoms with Gasteiger partial charge >= 0.3 is 0 Å². The molecule has 9 heteroatoms. The molecule has 2 amide bonds. The molecule has 0 aromatic heterocycles. The second-order valence-electron chi connectivity index (χ2n) is 6.25. The summed E-state index contributed by atoms with van der Waals surface area (Å²) in [6, 6.07) is 8.18. The van der Waals surface area contributed by atoms with E-state index >= 15 is 0 Å². The van der Waals surface area contributed by atoms with Gasteiger partial charge in [0.2, 0.25) is 5.91 Å². The lowest BCUT2D eigenvalue weighted by atomic mass is 10.2. The number of carbonyl (C=O) groups excluding carboxylic acids is 2. The zero-order valence-electron chi connectivity index (χ0n) is 14.0. The Kier molecular flexibility index (Phi) is 5.50. The molecule has 0 saturated carbocycles. The first kappa shape index (κ1) is 19.1. The Balaban J connectivity index is 1.70. The summed E-state index contributed by atoms with van der Waals surface area (Å²) in [5.74, 6) is -0.694. The number of carbonyl (C=O) groups is 2. The number of nitrogens with one attached hydrogen (secondary N) is 1. The maximum Gasteiger partial charge on any atom is 0.266 e. The molecule has 2 aliphatic rings. The largest absolute Gasteiger partial charge is 0.351 e. The van der Waals surface area contributed by atoms with Gasteiger partial charge in [-0.2, -0.15) is 0 Å². The topological polar surface area (TPSA) is 83.6 Å². The predicted octanol–water partition coefficient (Wildman–Crippen LogP) is 1.58. The molecule has 1 aromatic carbocycles. The number of nitrogens with zero attached hydrogens (tertiary/aromatic N) is 1. The van der Waals surface area contributed by atoms with Crippen LogP contribution in [0.5, 0.6) is 0 Å². The highest BCUT2D eigenvalue weighted by molar-refractivity contribution is 8.26. The number of thioether (sulfide) groups is 1. The Morgan fingerprint density at radius 3 is 2.69 bits per heavy atom. The Bertz CT molecular complexity index is 881. The van der Waals surface area contributed by atoms with Crippen LogP contribution in [0.3, 0.4) is 0 Å². The van der Waals surface area contributed by atoms with Crippen molar-refractivity contribution in [1.82, 2.24) is 10.2 Å². The minimum Gasteiger partial charge on any atom is -0.351 e. The molecule has 2 aliphatic heterocycles. The minimum atomic E-state index is -3.09. The summed E-state index contributed by atoms with van der Waals surface area (Å²) in [7, 11) is -3.09. The van der Waals surface area contributed by atoms with Crippen LogP contribution in [0.15, 0.2) is 35.2 Å². The van der Waals surface area contributed by atoms with Crippen molar-refractivity contribution in [3.05, 3.63) is 40.8 Å². The van der Waals surface area contributed by atoms with E-state index in [1.54, 1.807) is 13.0 Å². The minimum absolute atomic E-state index is 0.0578. The van der Waals surface area contributed by atoms with E-state index in [0.717, 1.165) is 17.3 Å². The van der Waals surface area contributed by atoms with Crippen LogP contribution in [0.1, 0.15) is 18.9 Å². The average Bonchev–Trinajstić information content (AvgIpc) is 3.06. The van der Waals surface area contributed by atoms with E-state index in [0.29, 0.717) is 15.6 Å². The summed E-state index contributed by atoms with van der Waals surface area (Å²) in [5, 5.41) is 2.72. The van der Waals surface area contributed by atoms with E-state index in [1.807, 2.05) is 30.3 Å². The highest BCUT2D eigenvalue weighted by Crippen LogP contribution is 2.34. The molecule has 1 aromatic rings. The number of hydrogen-bond donors (Lipinski definition) is 1. The average molecular weight is 411 g/mol. The van der Waals surface area contributed by atoms with Gasteiger partial charge in [0.1, 0.15) is 10.4 Å². The van der Waals surface area contributed by atoms with E-state index in [9.17, 15) is 18.0 Å². The van der Waals surface area contributed by atoms with Gasteiger partial charge in [-0.05, 0) is 25.0 Å². The first-order valence-electron chi connectivity index (χ1n) is 8.10. The molecule has 0 aliphatic carbocycles. The lowest BCUT2D eigenvalue weighted by molar-refractivity contribution is -0.132. The Morgan fingerprint density at radius 1 is 1.38 bits per heavy atom. The van der Waals surface area contributed by atoms with Gasteiger partial charge in [0.25, 0.3) is 5.91 Å². The zero-order valence-corrected chi connectivity index (χ0v) is 16.5. The summed E-state index contributed by atoms with van der Waals surface area (Å²) in [6.07, 6.45) is 2.14. The van der Waals surface area contributed by atoms with Crippen LogP contribution >= 0.6 is 24.0 Å². The fourth-order valence-electron chi connectivity index (χ4n) is 2.86. The number of thiocarbonyl (C=S) groups is 1. The monoisotopic (exact) mass is 410 g/mol. The van der Waals surface area contributed by atoms with Crippen LogP contribution in [-0.2, 0) is 19.4 Å². The highest BCUT2D eigenvalue weighted by Gasteiger charge is 2.39. The van der Waals surface area contributed by atoms with Crippen molar-refractivity contribution in [2.24, 2.45) is 0 Å². The van der Waals surface area contributed by atoms with Gasteiger partial charge in [0.15, 0.2) is 9.84 Å². The molecule has 1 N–H and O–H groups in total. The fraction of sp³-hybridized carbons (Fsp3) is 0.353. The third kappa shape index (κ3) is 4.16. The summed E-state index contributed by atoms with van der Waals surface area (Å²) in [5.41, 5.74) is 0.876. The van der Waals surface area contributed by atoms with Crippen LogP contribution in [0.2, 0.25) is 0 Å². The van der Waals surface area contributed by atoms with E-state index in [2.05, 4.69) is 5.32 Å². The molecule has 2 fully saturated rings. The number of rotatable bonds is 4. The van der Waals surface area contributed by atoms with Gasteiger partial charge < -0.3 is 5.32 Å². The van der Waals surface area contributed by atoms with Crippen LogP contribution in [0, 0.1) is 0 Å². The Hall–Kier alpha value is -1.71. The number of hydrogen-bond acceptors (Lipinski definition) is 6. The first-order chi connectivity index (χ1) is 12.3. The number of sulfone groups is 1. The highest BCUT2D eigenvalue weighted by atomic mass is 32.2. The maximum atomic E-state index is 12.7. The predicted molar refractivity (Wildman–Crippen MR) is 106 cm³/mol. The smallest absolute Gasteiger partial charge is 0.266 e. The fourth-order valence-corrected chi connectivity index (χ4v) is 5.95. The summed E-state index contributed by atoms with van der Waals surface area (Å²) in [6.45, 7) is 1.59. The van der Waals surface area contributed by atoms with Crippen molar-refractivity contribution in [3.63, 3.8) is 0 Å². The molecule has 2 atom stereocenters. The van der Waals surface area contributed by atoms with Gasteiger partial charge in [-0.25, -0.2) is 8.42 Å². The molecular weight excluding hydrogens is 392 g/mol. The van der Waals surface area contributed by atoms with Crippen molar-refractivity contribution in [2.75, 3.05) is 11.5 Å². The second kappa shape index (κ2) is 7.50. The molecule has 3 rings (SSSR count). The quantitative estimate of drug-likeness (QED) is 0.599. The van der Waals surface area contributed by atoms with Gasteiger partial charge in [-0.3, -0.25) is 14.5 Å². The maximum absolute atomic E-state index is 12.7. The first-order valence-corrected chi connectivity index (χ1v) is 11.1. The molecule has 2 saturated heterocycles. The number of amides is 2. The van der Waals surface area contributed by atoms with Crippen molar-refractivity contribution in [2.45, 2.75) is 25.4 Å². The van der Waals surface area contributed by atoms with Crippen LogP contribution < -0.4 is 5.32 Å². The molecule has 0 radical (unpaired) electrons. The Morgan fingerprint density at radius 2 is 2.08 bits per heavy atom. The van der Waals surface area contributed by atoms with Crippen molar-refractivity contribution in [3.8, 4) is 0 Å². The summed E-state index contributed by atoms with van der Waals surface area (Å²) >= 11 is 6.43. The molecular formula is C17H18N2O4S3. The second-order valence-corrected chi connectivity index (χ2v) is 10.2. The van der Waals surface area contributed by atoms with E-state index in [-0.39, 0.29) is 17.4 Å². The lowest BCUT2D eigenvalue weighted by Crippen LogP contribution is -2.50. The van der Waals surface area contributed by atoms with E-state index < -0.39 is 27.8 Å². The van der Waals surface area contributed by atoms with Gasteiger partial charge in [0, 0.05) is 6.04 Å². The third-order valence-electron chi connectivity index (χ3n) is 4.27. The van der Waals surface area contributed by atoms with Crippen LogP contribution in [0.4, 0.5) is 0 Å². The lowest BCUT2D eigenvalue weighted by Gasteiger charge is -2.23. The number of benzene rings is 1. The van der Waals surface area contributed by atoms with Crippen molar-refractivity contribution in [1.29, 1.82) is 0 Å². The molecule has 0 unspecified atom stereocenters. The SMILES string of the molecule is C[C@H](C(=O)N[C@@H]1CCS(=O)(=O)C1)N1C(=O)/C(=C/c2ccccc2)SC1=S. The van der Waals surface area contributed by atoms with Gasteiger partial charge in [-0.15, -0.1) is 0 Å². The van der Waals surface area contributed by atoms with Crippen molar-refractivity contribution < 1.29 is 18.0 Å². The van der Waals surface area contributed by atoms with E-state index in [1.165, 1.54) is 4.90 Å². The molecule has 138 valence electrons. The summed E-state index contributed by atoms with van der Waals surface area (Å²) < 4.78 is 23.4. The standard InChI is InChI=1S/C17H18N2O4S3/c1-11(15(20)18-13-7-8-26(22,23)10-13)19-16(21)14(25-17(19)24)9-12-5-3-2-4-6-12/h2-6,9,11,13H,7-8,10H2,1H3,(H,18,20)/b14-9-/t11-,13-/m1/s1. The molecule has 26 heavy (non-hydrogen) atoms. The Labute approximate surface area is 161 Å². The molecule has 0 spiro atoms. The molecule has 2 heterocycles.